The monoisotopic (exact) mass is 206 g/mol. The SMILES string of the molecule is CC.CC.O=c1[nH]ncc2ccccc12. The molecule has 0 saturated carbocycles. The minimum atomic E-state index is -0.136. The molecule has 0 fully saturated rings. The second kappa shape index (κ2) is 7.74. The lowest BCUT2D eigenvalue weighted by atomic mass is 10.2. The van der Waals surface area contributed by atoms with Crippen LogP contribution in [0.2, 0.25) is 0 Å². The summed E-state index contributed by atoms with van der Waals surface area (Å²) in [7, 11) is 0. The Labute approximate surface area is 90.2 Å². The summed E-state index contributed by atoms with van der Waals surface area (Å²) >= 11 is 0. The molecule has 0 aliphatic carbocycles. The van der Waals surface area contributed by atoms with Crippen molar-refractivity contribution in [1.82, 2.24) is 10.2 Å². The first-order chi connectivity index (χ1) is 7.38. The molecule has 0 atom stereocenters. The number of aromatic nitrogens is 2. The summed E-state index contributed by atoms with van der Waals surface area (Å²) in [6, 6.07) is 7.34. The molecule has 2 aromatic rings. The maximum atomic E-state index is 11.1. The third kappa shape index (κ3) is 3.54. The van der Waals surface area contributed by atoms with Gasteiger partial charge in [0.15, 0.2) is 0 Å². The predicted molar refractivity (Wildman–Crippen MR) is 65.1 cm³/mol. The van der Waals surface area contributed by atoms with Gasteiger partial charge in [0.25, 0.3) is 5.56 Å². The molecule has 1 aromatic carbocycles. The summed E-state index contributed by atoms with van der Waals surface area (Å²) in [5.74, 6) is 0. The van der Waals surface area contributed by atoms with E-state index in [4.69, 9.17) is 0 Å². The maximum absolute atomic E-state index is 11.1. The predicted octanol–water partition coefficient (Wildman–Crippen LogP) is 2.98. The van der Waals surface area contributed by atoms with Gasteiger partial charge >= 0.3 is 0 Å². The molecule has 2 rings (SSSR count). The van der Waals surface area contributed by atoms with Gasteiger partial charge in [-0.3, -0.25) is 4.79 Å². The van der Waals surface area contributed by atoms with E-state index in [0.717, 1.165) is 5.39 Å². The Morgan fingerprint density at radius 3 is 2.27 bits per heavy atom. The number of hydrogen-bond acceptors (Lipinski definition) is 2. The molecule has 1 N–H and O–H groups in total. The van der Waals surface area contributed by atoms with Crippen molar-refractivity contribution in [3.8, 4) is 0 Å². The number of benzene rings is 1. The van der Waals surface area contributed by atoms with Crippen LogP contribution in [-0.4, -0.2) is 10.2 Å². The van der Waals surface area contributed by atoms with Gasteiger partial charge in [-0.2, -0.15) is 5.10 Å². The number of hydrogen-bond donors (Lipinski definition) is 1. The van der Waals surface area contributed by atoms with Crippen molar-refractivity contribution < 1.29 is 0 Å². The Hall–Kier alpha value is -1.64. The van der Waals surface area contributed by atoms with Gasteiger partial charge in [-0.25, -0.2) is 5.10 Å². The lowest BCUT2D eigenvalue weighted by molar-refractivity contribution is 1.01. The second-order valence-electron chi connectivity index (χ2n) is 2.29. The van der Waals surface area contributed by atoms with Crippen molar-refractivity contribution in [3.05, 3.63) is 40.8 Å². The van der Waals surface area contributed by atoms with E-state index < -0.39 is 0 Å². The van der Waals surface area contributed by atoms with Gasteiger partial charge in [0.2, 0.25) is 0 Å². The van der Waals surface area contributed by atoms with Gasteiger partial charge in [-0.15, -0.1) is 0 Å². The van der Waals surface area contributed by atoms with Crippen LogP contribution >= 0.6 is 0 Å². The maximum Gasteiger partial charge on any atom is 0.272 e. The third-order valence-electron chi connectivity index (χ3n) is 1.58. The molecule has 0 amide bonds. The highest BCUT2D eigenvalue weighted by atomic mass is 16.1. The Kier molecular flexibility index (Phi) is 6.89. The number of fused-ring (bicyclic) bond motifs is 1. The third-order valence-corrected chi connectivity index (χ3v) is 1.58. The number of nitrogens with zero attached hydrogens (tertiary/aromatic N) is 1. The van der Waals surface area contributed by atoms with Crippen LogP contribution in [0.3, 0.4) is 0 Å². The minimum absolute atomic E-state index is 0.136. The van der Waals surface area contributed by atoms with Crippen LogP contribution in [-0.2, 0) is 0 Å². The zero-order valence-corrected chi connectivity index (χ0v) is 9.74. The standard InChI is InChI=1S/C8H6N2O.2C2H6/c11-8-7-4-2-1-3-6(7)5-9-10-8;2*1-2/h1-5H,(H,10,11);2*1-2H3. The summed E-state index contributed by atoms with van der Waals surface area (Å²) < 4.78 is 0. The van der Waals surface area contributed by atoms with Gasteiger partial charge < -0.3 is 0 Å². The zero-order chi connectivity index (χ0) is 11.7. The minimum Gasteiger partial charge on any atom is -0.267 e. The van der Waals surface area contributed by atoms with Crippen molar-refractivity contribution in [2.24, 2.45) is 0 Å². The van der Waals surface area contributed by atoms with Crippen molar-refractivity contribution in [2.75, 3.05) is 0 Å². The molecule has 82 valence electrons. The number of rotatable bonds is 0. The van der Waals surface area contributed by atoms with Crippen LogP contribution in [0.25, 0.3) is 10.8 Å². The molecular formula is C12H18N2O. The smallest absolute Gasteiger partial charge is 0.267 e. The van der Waals surface area contributed by atoms with E-state index in [-0.39, 0.29) is 5.56 Å². The van der Waals surface area contributed by atoms with Crippen LogP contribution < -0.4 is 5.56 Å². The quantitative estimate of drug-likeness (QED) is 0.720. The van der Waals surface area contributed by atoms with E-state index in [1.165, 1.54) is 0 Å². The van der Waals surface area contributed by atoms with Crippen LogP contribution in [0.15, 0.2) is 35.3 Å². The number of aromatic amines is 1. The summed E-state index contributed by atoms with van der Waals surface area (Å²) in [6.45, 7) is 8.00. The van der Waals surface area contributed by atoms with Crippen molar-refractivity contribution in [1.29, 1.82) is 0 Å². The Morgan fingerprint density at radius 2 is 1.67 bits per heavy atom. The molecule has 0 spiro atoms. The first-order valence-electron chi connectivity index (χ1n) is 5.30. The van der Waals surface area contributed by atoms with Crippen molar-refractivity contribution >= 4 is 10.8 Å². The number of nitrogens with one attached hydrogen (secondary N) is 1. The summed E-state index contributed by atoms with van der Waals surface area (Å²) in [6.07, 6.45) is 1.64. The highest BCUT2D eigenvalue weighted by Crippen LogP contribution is 2.04. The second-order valence-corrected chi connectivity index (χ2v) is 2.29. The molecule has 0 aliphatic heterocycles. The van der Waals surface area contributed by atoms with Gasteiger partial charge in [-0.05, 0) is 6.07 Å². The van der Waals surface area contributed by atoms with E-state index in [1.807, 2.05) is 45.9 Å². The Morgan fingerprint density at radius 1 is 1.07 bits per heavy atom. The van der Waals surface area contributed by atoms with E-state index in [1.54, 1.807) is 12.3 Å². The van der Waals surface area contributed by atoms with Crippen LogP contribution in [0.1, 0.15) is 27.7 Å². The van der Waals surface area contributed by atoms with E-state index in [9.17, 15) is 4.79 Å². The lowest BCUT2D eigenvalue weighted by Crippen LogP contribution is -2.06. The molecule has 1 aromatic heterocycles. The Balaban J connectivity index is 0.000000442. The van der Waals surface area contributed by atoms with Crippen LogP contribution in [0, 0.1) is 0 Å². The molecular weight excluding hydrogens is 188 g/mol. The summed E-state index contributed by atoms with van der Waals surface area (Å²) in [5, 5.41) is 7.60. The molecule has 3 heteroatoms. The molecule has 0 unspecified atom stereocenters. The Bertz CT molecular complexity index is 429. The average molecular weight is 206 g/mol. The van der Waals surface area contributed by atoms with Gasteiger partial charge in [0.1, 0.15) is 0 Å². The topological polar surface area (TPSA) is 45.8 Å². The van der Waals surface area contributed by atoms with Crippen molar-refractivity contribution in [2.45, 2.75) is 27.7 Å². The molecule has 0 radical (unpaired) electrons. The average Bonchev–Trinajstić information content (AvgIpc) is 2.35. The molecule has 15 heavy (non-hydrogen) atoms. The normalized spacial score (nSPS) is 8.27. The molecule has 0 saturated heterocycles. The largest absolute Gasteiger partial charge is 0.272 e. The van der Waals surface area contributed by atoms with Gasteiger partial charge in [-0.1, -0.05) is 45.9 Å². The highest BCUT2D eigenvalue weighted by molar-refractivity contribution is 5.80. The molecule has 0 aliphatic rings. The van der Waals surface area contributed by atoms with E-state index >= 15 is 0 Å². The number of H-pyrrole nitrogens is 1. The fourth-order valence-corrected chi connectivity index (χ4v) is 1.04. The first-order valence-corrected chi connectivity index (χ1v) is 5.30. The van der Waals surface area contributed by atoms with Gasteiger partial charge in [0, 0.05) is 10.8 Å². The summed E-state index contributed by atoms with van der Waals surface area (Å²) in [5.41, 5.74) is -0.136. The molecule has 3 nitrogen and oxygen atoms in total. The fraction of sp³-hybridized carbons (Fsp3) is 0.333. The molecule has 1 heterocycles. The van der Waals surface area contributed by atoms with E-state index in [0.29, 0.717) is 5.39 Å². The summed E-state index contributed by atoms with van der Waals surface area (Å²) in [4.78, 5) is 11.1. The van der Waals surface area contributed by atoms with Crippen molar-refractivity contribution in [3.63, 3.8) is 0 Å². The highest BCUT2D eigenvalue weighted by Gasteiger charge is 1.93. The first kappa shape index (κ1) is 13.4. The van der Waals surface area contributed by atoms with Crippen LogP contribution in [0.4, 0.5) is 0 Å². The fourth-order valence-electron chi connectivity index (χ4n) is 1.04. The van der Waals surface area contributed by atoms with Gasteiger partial charge in [0.05, 0.1) is 6.20 Å². The molecule has 0 bridgehead atoms. The van der Waals surface area contributed by atoms with E-state index in [2.05, 4.69) is 10.2 Å². The lowest BCUT2D eigenvalue weighted by Gasteiger charge is -1.91. The van der Waals surface area contributed by atoms with Crippen LogP contribution in [0.5, 0.6) is 0 Å². The zero-order valence-electron chi connectivity index (χ0n) is 9.74.